The van der Waals surface area contributed by atoms with Gasteiger partial charge < -0.3 is 10.2 Å². The second-order valence-electron chi connectivity index (χ2n) is 8.24. The summed E-state index contributed by atoms with van der Waals surface area (Å²) in [6.45, 7) is 1.61. The van der Waals surface area contributed by atoms with Crippen LogP contribution in [0.15, 0.2) is 18.7 Å². The van der Waals surface area contributed by atoms with Crippen LogP contribution < -0.4 is 5.32 Å². The van der Waals surface area contributed by atoms with E-state index in [0.29, 0.717) is 30.3 Å². The fourth-order valence-corrected chi connectivity index (χ4v) is 3.96. The molecule has 0 bridgehead atoms. The van der Waals surface area contributed by atoms with E-state index in [0.717, 1.165) is 23.8 Å². The van der Waals surface area contributed by atoms with Crippen LogP contribution >= 0.6 is 0 Å². The maximum atomic E-state index is 13.3. The molecule has 3 aromatic heterocycles. The number of alkyl halides is 3. The molecule has 1 aliphatic carbocycles. The molecule has 1 N–H and O–H groups in total. The second-order valence-corrected chi connectivity index (χ2v) is 8.24. The smallest absolute Gasteiger partial charge is 0.364 e. The average molecular weight is 446 g/mol. The van der Waals surface area contributed by atoms with Gasteiger partial charge in [0.1, 0.15) is 24.5 Å². The van der Waals surface area contributed by atoms with Crippen molar-refractivity contribution in [3.8, 4) is 11.4 Å². The summed E-state index contributed by atoms with van der Waals surface area (Å²) < 4.78 is 41.0. The molecule has 9 nitrogen and oxygen atoms in total. The molecule has 1 saturated carbocycles. The summed E-state index contributed by atoms with van der Waals surface area (Å²) in [6, 6.07) is -0.0604. The second kappa shape index (κ2) is 7.68. The molecule has 0 radical (unpaired) electrons. The number of halogens is 3. The van der Waals surface area contributed by atoms with E-state index in [4.69, 9.17) is 0 Å². The maximum Gasteiger partial charge on any atom is 0.406 e. The van der Waals surface area contributed by atoms with E-state index < -0.39 is 12.7 Å². The molecule has 32 heavy (non-hydrogen) atoms. The number of carbonyl (C=O) groups is 1. The van der Waals surface area contributed by atoms with Crippen LogP contribution in [0.4, 0.5) is 19.0 Å². The van der Waals surface area contributed by atoms with E-state index in [1.807, 2.05) is 4.90 Å². The molecular weight excluding hydrogens is 425 g/mol. The maximum absolute atomic E-state index is 13.3. The number of amides is 1. The summed E-state index contributed by atoms with van der Waals surface area (Å²) in [5, 5.41) is 3.26. The lowest BCUT2D eigenvalue weighted by Crippen LogP contribution is -2.32. The molecule has 1 amide bonds. The highest BCUT2D eigenvalue weighted by Crippen LogP contribution is 2.33. The van der Waals surface area contributed by atoms with Gasteiger partial charge in [0.15, 0.2) is 17.0 Å². The molecule has 0 unspecified atom stereocenters. The Balaban J connectivity index is 1.48. The number of hydrogen-bond donors (Lipinski definition) is 1. The van der Waals surface area contributed by atoms with Gasteiger partial charge in [-0.3, -0.25) is 9.36 Å². The summed E-state index contributed by atoms with van der Waals surface area (Å²) in [5.74, 6) is 1.24. The quantitative estimate of drug-likeness (QED) is 0.643. The van der Waals surface area contributed by atoms with Gasteiger partial charge in [0.05, 0.1) is 5.56 Å². The zero-order valence-electron chi connectivity index (χ0n) is 17.3. The number of imidazole rings is 1. The molecule has 1 atom stereocenters. The van der Waals surface area contributed by atoms with Crippen molar-refractivity contribution in [3.05, 3.63) is 24.5 Å². The highest BCUT2D eigenvalue weighted by atomic mass is 19.4. The Morgan fingerprint density at radius 1 is 1.16 bits per heavy atom. The lowest BCUT2D eigenvalue weighted by atomic mass is 10.2. The Bertz CT molecular complexity index is 1160. The molecular formula is C20H21F3N8O. The molecule has 12 heteroatoms. The van der Waals surface area contributed by atoms with E-state index in [1.165, 1.54) is 18.7 Å². The average Bonchev–Trinajstić information content (AvgIpc) is 3.39. The highest BCUT2D eigenvalue weighted by Gasteiger charge is 2.37. The Kier molecular flexibility index (Phi) is 4.94. The topological polar surface area (TPSA) is 102 Å². The Labute approximate surface area is 181 Å². The number of fused-ring (bicyclic) bond motifs is 1. The summed E-state index contributed by atoms with van der Waals surface area (Å²) in [6.07, 6.45) is 2.25. The van der Waals surface area contributed by atoms with Gasteiger partial charge in [-0.1, -0.05) is 0 Å². The first-order chi connectivity index (χ1) is 15.3. The first kappa shape index (κ1) is 20.6. The van der Waals surface area contributed by atoms with Crippen molar-refractivity contribution in [1.82, 2.24) is 34.4 Å². The Morgan fingerprint density at radius 2 is 1.91 bits per heavy atom. The molecule has 2 aliphatic rings. The van der Waals surface area contributed by atoms with Gasteiger partial charge in [-0.15, -0.1) is 0 Å². The van der Waals surface area contributed by atoms with Crippen LogP contribution in [0.1, 0.15) is 25.1 Å². The number of carbonyl (C=O) groups excluding carboxylic acids is 1. The van der Waals surface area contributed by atoms with E-state index in [2.05, 4.69) is 30.2 Å². The molecule has 3 aromatic rings. The first-order valence-electron chi connectivity index (χ1n) is 10.4. The minimum absolute atomic E-state index is 0.0604. The predicted octanol–water partition coefficient (Wildman–Crippen LogP) is 2.58. The summed E-state index contributed by atoms with van der Waals surface area (Å²) in [4.78, 5) is 35.1. The molecule has 2 fully saturated rings. The third-order valence-corrected chi connectivity index (χ3v) is 5.68. The number of aryl methyl sites for hydroxylation is 1. The zero-order chi connectivity index (χ0) is 22.5. The largest absolute Gasteiger partial charge is 0.406 e. The number of nitrogens with zero attached hydrogens (tertiary/aromatic N) is 7. The van der Waals surface area contributed by atoms with Crippen molar-refractivity contribution in [1.29, 1.82) is 0 Å². The van der Waals surface area contributed by atoms with E-state index >= 15 is 0 Å². The van der Waals surface area contributed by atoms with Crippen molar-refractivity contribution < 1.29 is 18.0 Å². The first-order valence-corrected chi connectivity index (χ1v) is 10.4. The predicted molar refractivity (Wildman–Crippen MR) is 108 cm³/mol. The van der Waals surface area contributed by atoms with Crippen LogP contribution in [0.3, 0.4) is 0 Å². The molecule has 5 rings (SSSR count). The van der Waals surface area contributed by atoms with Crippen molar-refractivity contribution in [2.24, 2.45) is 5.92 Å². The van der Waals surface area contributed by atoms with Gasteiger partial charge >= 0.3 is 6.18 Å². The highest BCUT2D eigenvalue weighted by molar-refractivity contribution is 5.86. The van der Waals surface area contributed by atoms with Gasteiger partial charge in [-0.05, 0) is 26.2 Å². The molecule has 168 valence electrons. The van der Waals surface area contributed by atoms with Crippen molar-refractivity contribution in [2.75, 3.05) is 18.4 Å². The number of anilines is 1. The van der Waals surface area contributed by atoms with Crippen LogP contribution in [-0.2, 0) is 11.3 Å². The third-order valence-electron chi connectivity index (χ3n) is 5.68. The SMILES string of the molecule is Cc1ncc(-c2nc3c(N[C@H]4CCN(C(=O)C5CC5)C4)ncnc3n2CC(F)(F)F)cn1. The molecule has 0 aromatic carbocycles. The standard InChI is InChI=1S/C20H21F3N8O/c1-11-24-6-13(7-25-11)17-29-15-16(26-10-27-18(15)31(17)9-20(21,22)23)28-14-4-5-30(8-14)19(32)12-2-3-12/h6-7,10,12,14H,2-5,8-9H2,1H3,(H,26,27,28)/t14-/m0/s1. The number of aromatic nitrogens is 6. The van der Waals surface area contributed by atoms with Crippen LogP contribution in [0, 0.1) is 12.8 Å². The van der Waals surface area contributed by atoms with E-state index in [9.17, 15) is 18.0 Å². The fraction of sp³-hybridized carbons (Fsp3) is 0.500. The van der Waals surface area contributed by atoms with Crippen molar-refractivity contribution in [3.63, 3.8) is 0 Å². The number of hydrogen-bond acceptors (Lipinski definition) is 7. The third kappa shape index (κ3) is 4.08. The van der Waals surface area contributed by atoms with Crippen LogP contribution in [0.25, 0.3) is 22.6 Å². The molecule has 4 heterocycles. The van der Waals surface area contributed by atoms with Crippen LogP contribution in [0.5, 0.6) is 0 Å². The molecule has 1 saturated heterocycles. The minimum atomic E-state index is -4.47. The Morgan fingerprint density at radius 3 is 2.59 bits per heavy atom. The molecule has 0 spiro atoms. The lowest BCUT2D eigenvalue weighted by molar-refractivity contribution is -0.139. The van der Waals surface area contributed by atoms with Gasteiger partial charge in [0, 0.05) is 37.4 Å². The number of rotatable bonds is 5. The van der Waals surface area contributed by atoms with E-state index in [1.54, 1.807) is 6.92 Å². The fourth-order valence-electron chi connectivity index (χ4n) is 3.96. The van der Waals surface area contributed by atoms with Crippen molar-refractivity contribution >= 4 is 22.9 Å². The molecule has 1 aliphatic heterocycles. The summed E-state index contributed by atoms with van der Waals surface area (Å²) in [5.41, 5.74) is 0.657. The van der Waals surface area contributed by atoms with Crippen LogP contribution in [-0.4, -0.2) is 65.6 Å². The van der Waals surface area contributed by atoms with Gasteiger partial charge in [0.25, 0.3) is 0 Å². The van der Waals surface area contributed by atoms with Crippen LogP contribution in [0.2, 0.25) is 0 Å². The van der Waals surface area contributed by atoms with Gasteiger partial charge in [-0.2, -0.15) is 13.2 Å². The summed E-state index contributed by atoms with van der Waals surface area (Å²) >= 11 is 0. The monoisotopic (exact) mass is 446 g/mol. The van der Waals surface area contributed by atoms with Crippen molar-refractivity contribution in [2.45, 2.75) is 44.9 Å². The number of likely N-dealkylation sites (tertiary alicyclic amines) is 1. The minimum Gasteiger partial charge on any atom is -0.364 e. The lowest BCUT2D eigenvalue weighted by Gasteiger charge is -2.17. The van der Waals surface area contributed by atoms with E-state index in [-0.39, 0.29) is 34.9 Å². The van der Waals surface area contributed by atoms with Gasteiger partial charge in [-0.25, -0.2) is 24.9 Å². The van der Waals surface area contributed by atoms with Gasteiger partial charge in [0.2, 0.25) is 5.91 Å². The summed E-state index contributed by atoms with van der Waals surface area (Å²) in [7, 11) is 0. The Hall–Kier alpha value is -3.31. The normalized spacial score (nSPS) is 19.0. The number of nitrogens with one attached hydrogen (secondary N) is 1. The zero-order valence-corrected chi connectivity index (χ0v) is 17.3.